The van der Waals surface area contributed by atoms with Crippen LogP contribution in [0.5, 0.6) is 0 Å². The molecule has 0 spiro atoms. The van der Waals surface area contributed by atoms with Gasteiger partial charge in [0.2, 0.25) is 0 Å². The summed E-state index contributed by atoms with van der Waals surface area (Å²) in [5.74, 6) is -0.0963. The van der Waals surface area contributed by atoms with Crippen molar-refractivity contribution in [1.82, 2.24) is 0 Å². The molecule has 98 valence electrons. The van der Waals surface area contributed by atoms with E-state index in [9.17, 15) is 4.79 Å². The van der Waals surface area contributed by atoms with E-state index < -0.39 is 0 Å². The number of carbonyl (C=O) groups excluding carboxylic acids is 1. The highest BCUT2D eigenvalue weighted by Gasteiger charge is 2.09. The van der Waals surface area contributed by atoms with Crippen LogP contribution in [0.15, 0.2) is 42.5 Å². The van der Waals surface area contributed by atoms with Gasteiger partial charge in [0.15, 0.2) is 0 Å². The molecule has 0 fully saturated rings. The average Bonchev–Trinajstić information content (AvgIpc) is 2.43. The normalized spacial score (nSPS) is 10.3. The van der Waals surface area contributed by atoms with Gasteiger partial charge in [-0.1, -0.05) is 30.3 Å². The van der Waals surface area contributed by atoms with Crippen molar-refractivity contribution in [3.8, 4) is 0 Å². The molecule has 3 N–H and O–H groups in total. The zero-order chi connectivity index (χ0) is 13.8. The molecule has 0 aromatic heterocycles. The van der Waals surface area contributed by atoms with Gasteiger partial charge in [-0.25, -0.2) is 0 Å². The summed E-state index contributed by atoms with van der Waals surface area (Å²) in [5.41, 5.74) is 10.2. The van der Waals surface area contributed by atoms with Gasteiger partial charge < -0.3 is 11.1 Å². The Labute approximate surface area is 113 Å². The number of amides is 1. The monoisotopic (exact) mass is 254 g/mol. The van der Waals surface area contributed by atoms with E-state index in [1.807, 2.05) is 44.2 Å². The predicted molar refractivity (Wildman–Crippen MR) is 78.2 cm³/mol. The Bertz CT molecular complexity index is 568. The van der Waals surface area contributed by atoms with E-state index >= 15 is 0 Å². The van der Waals surface area contributed by atoms with Crippen molar-refractivity contribution in [2.45, 2.75) is 20.4 Å². The third-order valence-corrected chi connectivity index (χ3v) is 3.17. The van der Waals surface area contributed by atoms with Crippen molar-refractivity contribution >= 4 is 11.6 Å². The molecule has 0 heterocycles. The fourth-order valence-electron chi connectivity index (χ4n) is 1.99. The van der Waals surface area contributed by atoms with Gasteiger partial charge in [0.05, 0.1) is 0 Å². The molecule has 0 radical (unpaired) electrons. The van der Waals surface area contributed by atoms with Crippen LogP contribution in [-0.2, 0) is 6.54 Å². The van der Waals surface area contributed by atoms with Crippen molar-refractivity contribution in [2.75, 3.05) is 5.32 Å². The smallest absolute Gasteiger partial charge is 0.255 e. The van der Waals surface area contributed by atoms with Crippen molar-refractivity contribution in [2.24, 2.45) is 5.73 Å². The first-order valence-corrected chi connectivity index (χ1v) is 6.28. The molecule has 0 aliphatic heterocycles. The molecular weight excluding hydrogens is 236 g/mol. The number of aryl methyl sites for hydroxylation is 2. The summed E-state index contributed by atoms with van der Waals surface area (Å²) in [7, 11) is 0. The molecule has 2 aromatic rings. The van der Waals surface area contributed by atoms with E-state index in [0.717, 1.165) is 22.4 Å². The predicted octanol–water partition coefficient (Wildman–Crippen LogP) is 3.01. The summed E-state index contributed by atoms with van der Waals surface area (Å²) in [6.07, 6.45) is 0. The third kappa shape index (κ3) is 3.01. The number of nitrogens with one attached hydrogen (secondary N) is 1. The lowest BCUT2D eigenvalue weighted by Gasteiger charge is -2.11. The molecule has 0 bridgehead atoms. The lowest BCUT2D eigenvalue weighted by atomic mass is 10.1. The topological polar surface area (TPSA) is 55.1 Å². The van der Waals surface area contributed by atoms with Crippen LogP contribution in [0.4, 0.5) is 5.69 Å². The molecule has 0 atom stereocenters. The van der Waals surface area contributed by atoms with Crippen molar-refractivity contribution in [3.05, 3.63) is 64.7 Å². The second kappa shape index (κ2) is 5.67. The maximum absolute atomic E-state index is 12.2. The zero-order valence-corrected chi connectivity index (χ0v) is 11.2. The van der Waals surface area contributed by atoms with E-state index in [1.165, 1.54) is 0 Å². The zero-order valence-electron chi connectivity index (χ0n) is 11.2. The summed E-state index contributed by atoms with van der Waals surface area (Å²) < 4.78 is 0. The summed E-state index contributed by atoms with van der Waals surface area (Å²) in [4.78, 5) is 12.2. The number of hydrogen-bond acceptors (Lipinski definition) is 2. The number of benzene rings is 2. The number of para-hydroxylation sites is 1. The Morgan fingerprint density at radius 2 is 1.63 bits per heavy atom. The van der Waals surface area contributed by atoms with Gasteiger partial charge in [-0.3, -0.25) is 4.79 Å². The van der Waals surface area contributed by atoms with Crippen LogP contribution in [0.2, 0.25) is 0 Å². The molecule has 0 unspecified atom stereocenters. The van der Waals surface area contributed by atoms with Crippen LogP contribution >= 0.6 is 0 Å². The van der Waals surface area contributed by atoms with Gasteiger partial charge in [0.25, 0.3) is 5.91 Å². The molecule has 3 nitrogen and oxygen atoms in total. The van der Waals surface area contributed by atoms with E-state index in [2.05, 4.69) is 5.32 Å². The Kier molecular flexibility index (Phi) is 3.97. The highest BCUT2D eigenvalue weighted by molar-refractivity contribution is 6.05. The summed E-state index contributed by atoms with van der Waals surface area (Å²) in [5, 5.41) is 2.96. The maximum atomic E-state index is 12.2. The third-order valence-electron chi connectivity index (χ3n) is 3.17. The lowest BCUT2D eigenvalue weighted by molar-refractivity contribution is 0.102. The Morgan fingerprint density at radius 1 is 1.05 bits per heavy atom. The molecule has 0 saturated heterocycles. The standard InChI is InChI=1S/C16H18N2O/c1-11-4-3-5-12(2)15(11)18-16(19)14-8-6-13(10-17)7-9-14/h3-9H,10,17H2,1-2H3,(H,18,19). The quantitative estimate of drug-likeness (QED) is 0.884. The Balaban J connectivity index is 2.20. The van der Waals surface area contributed by atoms with Crippen LogP contribution in [0, 0.1) is 13.8 Å². The molecule has 3 heteroatoms. The molecule has 0 aliphatic rings. The molecule has 19 heavy (non-hydrogen) atoms. The Morgan fingerprint density at radius 3 is 2.16 bits per heavy atom. The van der Waals surface area contributed by atoms with Gasteiger partial charge in [-0.05, 0) is 42.7 Å². The van der Waals surface area contributed by atoms with Crippen LogP contribution < -0.4 is 11.1 Å². The van der Waals surface area contributed by atoms with Gasteiger partial charge in [-0.15, -0.1) is 0 Å². The van der Waals surface area contributed by atoms with Crippen LogP contribution in [-0.4, -0.2) is 5.91 Å². The number of anilines is 1. The first-order valence-electron chi connectivity index (χ1n) is 6.28. The van der Waals surface area contributed by atoms with E-state index in [-0.39, 0.29) is 5.91 Å². The second-order valence-corrected chi connectivity index (χ2v) is 4.62. The van der Waals surface area contributed by atoms with E-state index in [0.29, 0.717) is 12.1 Å². The van der Waals surface area contributed by atoms with E-state index in [1.54, 1.807) is 12.1 Å². The average molecular weight is 254 g/mol. The Hall–Kier alpha value is -2.13. The highest BCUT2D eigenvalue weighted by atomic mass is 16.1. The summed E-state index contributed by atoms with van der Waals surface area (Å²) >= 11 is 0. The summed E-state index contributed by atoms with van der Waals surface area (Å²) in [6.45, 7) is 4.46. The fourth-order valence-corrected chi connectivity index (χ4v) is 1.99. The second-order valence-electron chi connectivity index (χ2n) is 4.62. The molecule has 0 aliphatic carbocycles. The highest BCUT2D eigenvalue weighted by Crippen LogP contribution is 2.20. The van der Waals surface area contributed by atoms with Crippen molar-refractivity contribution in [1.29, 1.82) is 0 Å². The molecular formula is C16H18N2O. The SMILES string of the molecule is Cc1cccc(C)c1NC(=O)c1ccc(CN)cc1. The summed E-state index contributed by atoms with van der Waals surface area (Å²) in [6, 6.07) is 13.3. The molecule has 0 saturated carbocycles. The van der Waals surface area contributed by atoms with Crippen LogP contribution in [0.3, 0.4) is 0 Å². The minimum Gasteiger partial charge on any atom is -0.326 e. The van der Waals surface area contributed by atoms with Crippen LogP contribution in [0.1, 0.15) is 27.0 Å². The molecule has 2 rings (SSSR count). The maximum Gasteiger partial charge on any atom is 0.255 e. The van der Waals surface area contributed by atoms with Crippen molar-refractivity contribution < 1.29 is 4.79 Å². The van der Waals surface area contributed by atoms with Gasteiger partial charge >= 0.3 is 0 Å². The lowest BCUT2D eigenvalue weighted by Crippen LogP contribution is -2.13. The number of nitrogens with two attached hydrogens (primary N) is 1. The minimum absolute atomic E-state index is 0.0963. The first-order chi connectivity index (χ1) is 9.11. The van der Waals surface area contributed by atoms with Gasteiger partial charge in [-0.2, -0.15) is 0 Å². The van der Waals surface area contributed by atoms with Gasteiger partial charge in [0.1, 0.15) is 0 Å². The fraction of sp³-hybridized carbons (Fsp3) is 0.188. The van der Waals surface area contributed by atoms with Gasteiger partial charge in [0, 0.05) is 17.8 Å². The first kappa shape index (κ1) is 13.3. The van der Waals surface area contributed by atoms with Crippen molar-refractivity contribution in [3.63, 3.8) is 0 Å². The number of carbonyl (C=O) groups is 1. The molecule has 1 amide bonds. The minimum atomic E-state index is -0.0963. The number of rotatable bonds is 3. The molecule has 2 aromatic carbocycles. The number of hydrogen-bond donors (Lipinski definition) is 2. The largest absolute Gasteiger partial charge is 0.326 e. The van der Waals surface area contributed by atoms with Crippen LogP contribution in [0.25, 0.3) is 0 Å². The van der Waals surface area contributed by atoms with E-state index in [4.69, 9.17) is 5.73 Å².